The molecule has 0 fully saturated rings. The van der Waals surface area contributed by atoms with E-state index < -0.39 is 0 Å². The van der Waals surface area contributed by atoms with Crippen LogP contribution in [0.3, 0.4) is 0 Å². The molecule has 4 rings (SSSR count). The summed E-state index contributed by atoms with van der Waals surface area (Å²) in [5.41, 5.74) is 2.27. The zero-order valence-corrected chi connectivity index (χ0v) is 19.9. The largest absolute Gasteiger partial charge is 0.459 e. The zero-order valence-electron chi connectivity index (χ0n) is 18.3. The van der Waals surface area contributed by atoms with Crippen LogP contribution in [0.2, 0.25) is 0 Å². The number of carbonyl (C=O) groups is 2. The number of fused-ring (bicyclic) bond motifs is 1. The van der Waals surface area contributed by atoms with Gasteiger partial charge in [0.1, 0.15) is 10.7 Å². The number of hydrogen-bond acceptors (Lipinski definition) is 8. The smallest absolute Gasteiger partial charge is 0.341 e. The molecule has 3 aromatic rings. The summed E-state index contributed by atoms with van der Waals surface area (Å²) in [5.74, 6) is 0.221. The van der Waals surface area contributed by atoms with Gasteiger partial charge in [-0.25, -0.2) is 4.79 Å². The molecular weight excluding hydrogens is 446 g/mol. The second kappa shape index (κ2) is 9.83. The highest BCUT2D eigenvalue weighted by molar-refractivity contribution is 7.99. The van der Waals surface area contributed by atoms with Crippen molar-refractivity contribution in [1.29, 1.82) is 0 Å². The summed E-state index contributed by atoms with van der Waals surface area (Å²) in [7, 11) is 1.84. The van der Waals surface area contributed by atoms with Crippen molar-refractivity contribution in [3.05, 3.63) is 40.4 Å². The minimum Gasteiger partial charge on any atom is -0.459 e. The predicted molar refractivity (Wildman–Crippen MR) is 125 cm³/mol. The highest BCUT2D eigenvalue weighted by Crippen LogP contribution is 2.39. The van der Waals surface area contributed by atoms with E-state index in [-0.39, 0.29) is 23.7 Å². The van der Waals surface area contributed by atoms with Gasteiger partial charge in [-0.1, -0.05) is 17.8 Å². The lowest BCUT2D eigenvalue weighted by molar-refractivity contribution is -0.113. The Morgan fingerprint density at radius 3 is 2.81 bits per heavy atom. The van der Waals surface area contributed by atoms with Gasteiger partial charge in [0.15, 0.2) is 11.0 Å². The van der Waals surface area contributed by atoms with Crippen LogP contribution in [0.1, 0.15) is 47.5 Å². The summed E-state index contributed by atoms with van der Waals surface area (Å²) >= 11 is 2.78. The van der Waals surface area contributed by atoms with E-state index in [1.54, 1.807) is 6.20 Å². The average molecular weight is 472 g/mol. The van der Waals surface area contributed by atoms with Crippen LogP contribution in [0.25, 0.3) is 11.5 Å². The zero-order chi connectivity index (χ0) is 22.7. The topological polar surface area (TPSA) is 99.0 Å². The molecule has 1 aliphatic rings. The number of rotatable bonds is 7. The number of thiophene rings is 1. The average Bonchev–Trinajstić information content (AvgIpc) is 3.32. The van der Waals surface area contributed by atoms with Crippen LogP contribution < -0.4 is 5.32 Å². The van der Waals surface area contributed by atoms with E-state index in [4.69, 9.17) is 4.74 Å². The Kier molecular flexibility index (Phi) is 6.90. The SMILES string of the molecule is CC(C)OC(=O)c1c(NC(=O)CSc2nnc(-c3ccccn3)n2C)sc2c1CCCC2. The maximum absolute atomic E-state index is 12.8. The van der Waals surface area contributed by atoms with Crippen molar-refractivity contribution in [3.8, 4) is 11.5 Å². The van der Waals surface area contributed by atoms with E-state index in [0.717, 1.165) is 36.9 Å². The summed E-state index contributed by atoms with van der Waals surface area (Å²) in [5, 5.41) is 12.5. The first-order valence-corrected chi connectivity index (χ1v) is 12.3. The Hall–Kier alpha value is -2.72. The lowest BCUT2D eigenvalue weighted by atomic mass is 9.95. The second-order valence-corrected chi connectivity index (χ2v) is 9.83. The molecular formula is C22H25N5O3S2. The summed E-state index contributed by atoms with van der Waals surface area (Å²) in [6.07, 6.45) is 5.40. The van der Waals surface area contributed by atoms with Crippen LogP contribution in [0.4, 0.5) is 5.00 Å². The number of carbonyl (C=O) groups excluding carboxylic acids is 2. The standard InChI is InChI=1S/C22H25N5O3S2/c1-13(2)30-21(29)18-14-8-4-5-10-16(14)32-20(18)24-17(28)12-31-22-26-25-19(27(22)3)15-9-6-7-11-23-15/h6-7,9,11,13H,4-5,8,10,12H2,1-3H3,(H,24,28). The first-order valence-electron chi connectivity index (χ1n) is 10.5. The monoisotopic (exact) mass is 471 g/mol. The Morgan fingerprint density at radius 1 is 1.25 bits per heavy atom. The molecule has 32 heavy (non-hydrogen) atoms. The van der Waals surface area contributed by atoms with Crippen LogP contribution in [0.15, 0.2) is 29.6 Å². The molecule has 3 heterocycles. The van der Waals surface area contributed by atoms with E-state index in [9.17, 15) is 9.59 Å². The summed E-state index contributed by atoms with van der Waals surface area (Å²) in [6, 6.07) is 5.59. The lowest BCUT2D eigenvalue weighted by Gasteiger charge is -2.14. The Labute approximate surface area is 194 Å². The van der Waals surface area contributed by atoms with Crippen molar-refractivity contribution in [3.63, 3.8) is 0 Å². The lowest BCUT2D eigenvalue weighted by Crippen LogP contribution is -2.19. The molecule has 0 bridgehead atoms. The third-order valence-electron chi connectivity index (χ3n) is 5.03. The molecule has 0 aromatic carbocycles. The number of hydrogen-bond donors (Lipinski definition) is 1. The highest BCUT2D eigenvalue weighted by atomic mass is 32.2. The Morgan fingerprint density at radius 2 is 2.06 bits per heavy atom. The van der Waals surface area contributed by atoms with Crippen molar-refractivity contribution in [1.82, 2.24) is 19.7 Å². The van der Waals surface area contributed by atoms with Crippen molar-refractivity contribution in [2.45, 2.75) is 50.8 Å². The Balaban J connectivity index is 1.46. The number of aryl methyl sites for hydroxylation is 1. The van der Waals surface area contributed by atoms with Crippen LogP contribution >= 0.6 is 23.1 Å². The van der Waals surface area contributed by atoms with Crippen LogP contribution in [-0.4, -0.2) is 43.5 Å². The molecule has 0 saturated carbocycles. The molecule has 0 aliphatic heterocycles. The quantitative estimate of drug-likeness (QED) is 0.409. The van der Waals surface area contributed by atoms with Gasteiger partial charge < -0.3 is 14.6 Å². The maximum Gasteiger partial charge on any atom is 0.341 e. The number of pyridine rings is 1. The van der Waals surface area contributed by atoms with Gasteiger partial charge in [0, 0.05) is 18.1 Å². The van der Waals surface area contributed by atoms with Crippen LogP contribution in [0, 0.1) is 0 Å². The fraction of sp³-hybridized carbons (Fsp3) is 0.409. The van der Waals surface area contributed by atoms with Crippen molar-refractivity contribution in [2.75, 3.05) is 11.1 Å². The molecule has 1 N–H and O–H groups in total. The number of aromatic nitrogens is 4. The number of anilines is 1. The number of nitrogens with zero attached hydrogens (tertiary/aromatic N) is 4. The van der Waals surface area contributed by atoms with Crippen molar-refractivity contribution >= 4 is 40.0 Å². The van der Waals surface area contributed by atoms with Gasteiger partial charge in [-0.05, 0) is 57.2 Å². The highest BCUT2D eigenvalue weighted by Gasteiger charge is 2.28. The molecule has 0 unspecified atom stereocenters. The van der Waals surface area contributed by atoms with E-state index in [0.29, 0.717) is 21.5 Å². The van der Waals surface area contributed by atoms with Crippen LogP contribution in [0.5, 0.6) is 0 Å². The predicted octanol–water partition coefficient (Wildman–Crippen LogP) is 4.11. The number of thioether (sulfide) groups is 1. The van der Waals surface area contributed by atoms with Gasteiger partial charge in [0.25, 0.3) is 0 Å². The van der Waals surface area contributed by atoms with Gasteiger partial charge in [0.2, 0.25) is 5.91 Å². The number of amides is 1. The molecule has 168 valence electrons. The van der Waals surface area contributed by atoms with Gasteiger partial charge in [-0.3, -0.25) is 9.78 Å². The molecule has 1 aliphatic carbocycles. The van der Waals surface area contributed by atoms with Crippen molar-refractivity contribution in [2.24, 2.45) is 7.05 Å². The van der Waals surface area contributed by atoms with Gasteiger partial charge >= 0.3 is 5.97 Å². The molecule has 8 nitrogen and oxygen atoms in total. The number of nitrogens with one attached hydrogen (secondary N) is 1. The third kappa shape index (κ3) is 4.86. The van der Waals surface area contributed by atoms with E-state index in [1.165, 1.54) is 28.0 Å². The second-order valence-electron chi connectivity index (χ2n) is 7.79. The fourth-order valence-electron chi connectivity index (χ4n) is 3.59. The first kappa shape index (κ1) is 22.5. The first-order chi connectivity index (χ1) is 15.4. The maximum atomic E-state index is 12.8. The molecule has 0 radical (unpaired) electrons. The number of esters is 1. The molecule has 10 heteroatoms. The summed E-state index contributed by atoms with van der Waals surface area (Å²) in [6.45, 7) is 3.65. The molecule has 0 atom stereocenters. The van der Waals surface area contributed by atoms with Crippen molar-refractivity contribution < 1.29 is 14.3 Å². The third-order valence-corrected chi connectivity index (χ3v) is 7.26. The summed E-state index contributed by atoms with van der Waals surface area (Å²) in [4.78, 5) is 31.0. The molecule has 1 amide bonds. The van der Waals surface area contributed by atoms with Crippen LogP contribution in [-0.2, 0) is 29.4 Å². The molecule has 0 saturated heterocycles. The molecule has 0 spiro atoms. The molecule has 3 aromatic heterocycles. The fourth-order valence-corrected chi connectivity index (χ4v) is 5.60. The summed E-state index contributed by atoms with van der Waals surface area (Å²) < 4.78 is 7.27. The van der Waals surface area contributed by atoms with E-state index in [2.05, 4.69) is 20.5 Å². The normalized spacial score (nSPS) is 13.1. The Bertz CT molecular complexity index is 1120. The van der Waals surface area contributed by atoms with E-state index in [1.807, 2.05) is 43.7 Å². The minimum absolute atomic E-state index is 0.148. The minimum atomic E-state index is -0.365. The van der Waals surface area contributed by atoms with Gasteiger partial charge in [-0.15, -0.1) is 21.5 Å². The van der Waals surface area contributed by atoms with Gasteiger partial charge in [-0.2, -0.15) is 0 Å². The number of ether oxygens (including phenoxy) is 1. The van der Waals surface area contributed by atoms with E-state index >= 15 is 0 Å². The van der Waals surface area contributed by atoms with Gasteiger partial charge in [0.05, 0.1) is 17.4 Å².